The van der Waals surface area contributed by atoms with Crippen molar-refractivity contribution in [2.45, 2.75) is 58.1 Å². The molecule has 0 aromatic heterocycles. The maximum absolute atomic E-state index is 11.8. The lowest BCUT2D eigenvalue weighted by Gasteiger charge is -2.24. The summed E-state index contributed by atoms with van der Waals surface area (Å²) in [5, 5.41) is 4.87. The fourth-order valence-corrected chi connectivity index (χ4v) is 3.18. The standard InChI is InChI=1S/C17H31N4O7P/c1-12(2)27-17(24)13(3)19-20-29(25-5)26-10-14-6-7-16(28-14)21(4)9-8-15(23)18-11-22/h8-9,11-14,16,19-20H,6-7,10H2,1-5H3,(H,18,22,23)/b9-8-. The van der Waals surface area contributed by atoms with E-state index in [1.165, 1.54) is 13.2 Å². The first-order valence-corrected chi connectivity index (χ1v) is 10.4. The van der Waals surface area contributed by atoms with Crippen molar-refractivity contribution in [1.82, 2.24) is 20.8 Å². The summed E-state index contributed by atoms with van der Waals surface area (Å²) in [7, 11) is 1.82. The summed E-state index contributed by atoms with van der Waals surface area (Å²) in [5.41, 5.74) is 2.81. The molecule has 0 saturated carbocycles. The van der Waals surface area contributed by atoms with Crippen LogP contribution in [0.5, 0.6) is 0 Å². The Hall–Kier alpha value is -1.62. The number of hydrogen-bond acceptors (Lipinski definition) is 10. The molecule has 1 aliphatic rings. The molecule has 0 radical (unpaired) electrons. The summed E-state index contributed by atoms with van der Waals surface area (Å²) >= 11 is 0. The van der Waals surface area contributed by atoms with Crippen LogP contribution in [-0.4, -0.2) is 68.4 Å². The third-order valence-corrected chi connectivity index (χ3v) is 4.85. The summed E-state index contributed by atoms with van der Waals surface area (Å²) in [5.74, 6) is -0.876. The molecule has 1 heterocycles. The fraction of sp³-hybridized carbons (Fsp3) is 0.706. The molecule has 1 fully saturated rings. The zero-order valence-electron chi connectivity index (χ0n) is 17.4. The number of ether oxygens (including phenoxy) is 2. The second kappa shape index (κ2) is 13.6. The Morgan fingerprint density at radius 1 is 1.31 bits per heavy atom. The summed E-state index contributed by atoms with van der Waals surface area (Å²) in [6.45, 7) is 5.54. The van der Waals surface area contributed by atoms with Crippen LogP contribution in [0.3, 0.4) is 0 Å². The summed E-state index contributed by atoms with van der Waals surface area (Å²) in [4.78, 5) is 35.0. The molecule has 166 valence electrons. The van der Waals surface area contributed by atoms with Gasteiger partial charge in [0, 0.05) is 26.4 Å². The first-order chi connectivity index (χ1) is 13.8. The quantitative estimate of drug-likeness (QED) is 0.124. The third kappa shape index (κ3) is 10.1. The van der Waals surface area contributed by atoms with E-state index in [-0.39, 0.29) is 24.4 Å². The van der Waals surface area contributed by atoms with Gasteiger partial charge in [-0.25, -0.2) is 5.43 Å². The Morgan fingerprint density at radius 2 is 2.03 bits per heavy atom. The second-order valence-electron chi connectivity index (χ2n) is 6.60. The molecule has 1 aliphatic heterocycles. The normalized spacial score (nSPS) is 21.2. The number of nitrogens with one attached hydrogen (secondary N) is 3. The predicted octanol–water partition coefficient (Wildman–Crippen LogP) is 0.534. The summed E-state index contributed by atoms with van der Waals surface area (Å²) < 4.78 is 22.0. The average molecular weight is 434 g/mol. The minimum atomic E-state index is -1.46. The van der Waals surface area contributed by atoms with Crippen LogP contribution < -0.4 is 15.9 Å². The van der Waals surface area contributed by atoms with Gasteiger partial charge in [0.15, 0.2) is 0 Å². The fourth-order valence-electron chi connectivity index (χ4n) is 2.32. The number of nitrogens with zero attached hydrogens (tertiary/aromatic N) is 1. The van der Waals surface area contributed by atoms with Crippen molar-refractivity contribution in [2.24, 2.45) is 0 Å². The summed E-state index contributed by atoms with van der Waals surface area (Å²) in [6.07, 6.45) is 4.16. The Bertz CT molecular complexity index is 564. The second-order valence-corrected chi connectivity index (χ2v) is 7.96. The Labute approximate surface area is 172 Å². The molecule has 0 spiro atoms. The van der Waals surface area contributed by atoms with Gasteiger partial charge in [0.1, 0.15) is 12.3 Å². The molecule has 29 heavy (non-hydrogen) atoms. The predicted molar refractivity (Wildman–Crippen MR) is 106 cm³/mol. The largest absolute Gasteiger partial charge is 0.462 e. The molecule has 3 N–H and O–H groups in total. The molecule has 0 aliphatic carbocycles. The monoisotopic (exact) mass is 434 g/mol. The number of esters is 1. The van der Waals surface area contributed by atoms with Gasteiger partial charge in [-0.2, -0.15) is 5.20 Å². The first kappa shape index (κ1) is 25.4. The van der Waals surface area contributed by atoms with Gasteiger partial charge in [-0.1, -0.05) is 0 Å². The van der Waals surface area contributed by atoms with Gasteiger partial charge in [-0.3, -0.25) is 19.7 Å². The number of carbonyl (C=O) groups excluding carboxylic acids is 3. The minimum Gasteiger partial charge on any atom is -0.462 e. The van der Waals surface area contributed by atoms with E-state index in [0.717, 1.165) is 12.8 Å². The van der Waals surface area contributed by atoms with Crippen molar-refractivity contribution in [1.29, 1.82) is 0 Å². The van der Waals surface area contributed by atoms with Gasteiger partial charge in [-0.15, -0.1) is 0 Å². The van der Waals surface area contributed by atoms with Crippen LogP contribution in [0, 0.1) is 0 Å². The minimum absolute atomic E-state index is 0.134. The van der Waals surface area contributed by atoms with Gasteiger partial charge < -0.3 is 23.4 Å². The lowest BCUT2D eigenvalue weighted by Crippen LogP contribution is -2.43. The van der Waals surface area contributed by atoms with Crippen LogP contribution in [0.2, 0.25) is 0 Å². The molecule has 0 aromatic rings. The molecular weight excluding hydrogens is 403 g/mol. The van der Waals surface area contributed by atoms with E-state index in [2.05, 4.69) is 10.6 Å². The van der Waals surface area contributed by atoms with Crippen molar-refractivity contribution >= 4 is 26.8 Å². The van der Waals surface area contributed by atoms with Crippen LogP contribution in [0.1, 0.15) is 33.6 Å². The molecule has 4 unspecified atom stereocenters. The highest BCUT2D eigenvalue weighted by molar-refractivity contribution is 7.44. The molecule has 11 nitrogen and oxygen atoms in total. The molecule has 1 rings (SSSR count). The van der Waals surface area contributed by atoms with Crippen molar-refractivity contribution in [3.8, 4) is 0 Å². The highest BCUT2D eigenvalue weighted by Gasteiger charge is 2.28. The van der Waals surface area contributed by atoms with Crippen molar-refractivity contribution in [2.75, 3.05) is 20.8 Å². The average Bonchev–Trinajstić information content (AvgIpc) is 3.14. The third-order valence-electron chi connectivity index (χ3n) is 3.82. The molecule has 4 atom stereocenters. The Balaban J connectivity index is 2.34. The van der Waals surface area contributed by atoms with E-state index in [1.54, 1.807) is 38.9 Å². The van der Waals surface area contributed by atoms with Gasteiger partial charge in [0.2, 0.25) is 6.41 Å². The number of hydrogen-bond donors (Lipinski definition) is 3. The van der Waals surface area contributed by atoms with Crippen LogP contribution in [0.25, 0.3) is 0 Å². The maximum atomic E-state index is 11.8. The van der Waals surface area contributed by atoms with Gasteiger partial charge in [-0.05, 0) is 33.6 Å². The SMILES string of the molecule is COP(NNC(C)C(=O)OC(C)C)OCC1CCC(N(C)/C=C\C(=O)NC=O)O1. The summed E-state index contributed by atoms with van der Waals surface area (Å²) in [6, 6.07) is -0.565. The van der Waals surface area contributed by atoms with Gasteiger partial charge in [0.05, 0.1) is 18.8 Å². The van der Waals surface area contributed by atoms with E-state index in [4.69, 9.17) is 18.5 Å². The topological polar surface area (TPSA) is 127 Å². The van der Waals surface area contributed by atoms with E-state index in [0.29, 0.717) is 13.0 Å². The van der Waals surface area contributed by atoms with Crippen LogP contribution in [0.15, 0.2) is 12.3 Å². The molecule has 0 bridgehead atoms. The zero-order chi connectivity index (χ0) is 21.8. The smallest absolute Gasteiger partial charge is 0.324 e. The molecular formula is C17H31N4O7P. The zero-order valence-corrected chi connectivity index (χ0v) is 18.3. The first-order valence-electron chi connectivity index (χ1n) is 9.25. The number of hydrazine groups is 1. The van der Waals surface area contributed by atoms with E-state index < -0.39 is 20.5 Å². The lowest BCUT2D eigenvalue weighted by molar-refractivity contribution is -0.149. The van der Waals surface area contributed by atoms with Crippen molar-refractivity contribution in [3.63, 3.8) is 0 Å². The molecule has 1 saturated heterocycles. The van der Waals surface area contributed by atoms with Crippen LogP contribution in [0.4, 0.5) is 0 Å². The van der Waals surface area contributed by atoms with Gasteiger partial charge >= 0.3 is 5.97 Å². The number of amides is 2. The number of imide groups is 1. The highest BCUT2D eigenvalue weighted by atomic mass is 31.2. The molecule has 0 aromatic carbocycles. The Kier molecular flexibility index (Phi) is 11.9. The van der Waals surface area contributed by atoms with Crippen LogP contribution >= 0.6 is 8.53 Å². The number of carbonyl (C=O) groups is 3. The van der Waals surface area contributed by atoms with Crippen LogP contribution in [-0.2, 0) is 32.9 Å². The maximum Gasteiger partial charge on any atom is 0.324 e. The Morgan fingerprint density at radius 3 is 2.66 bits per heavy atom. The van der Waals surface area contributed by atoms with E-state index in [1.807, 2.05) is 5.32 Å². The molecule has 12 heteroatoms. The van der Waals surface area contributed by atoms with E-state index in [9.17, 15) is 14.4 Å². The van der Waals surface area contributed by atoms with E-state index >= 15 is 0 Å². The van der Waals surface area contributed by atoms with Gasteiger partial charge in [0.25, 0.3) is 14.4 Å². The highest BCUT2D eigenvalue weighted by Crippen LogP contribution is 2.33. The van der Waals surface area contributed by atoms with Crippen molar-refractivity contribution in [3.05, 3.63) is 12.3 Å². The lowest BCUT2D eigenvalue weighted by atomic mass is 10.2. The number of rotatable bonds is 13. The van der Waals surface area contributed by atoms with Crippen molar-refractivity contribution < 1.29 is 32.9 Å². The molecule has 2 amide bonds.